The van der Waals surface area contributed by atoms with Crippen LogP contribution in [0.1, 0.15) is 36.3 Å². The van der Waals surface area contributed by atoms with Crippen LogP contribution in [0.5, 0.6) is 0 Å². The van der Waals surface area contributed by atoms with Crippen LogP contribution in [-0.4, -0.2) is 24.1 Å². The molecule has 0 amide bonds. The van der Waals surface area contributed by atoms with Gasteiger partial charge in [0.2, 0.25) is 0 Å². The molecule has 1 aliphatic rings. The molecule has 2 N–H and O–H groups in total. The van der Waals surface area contributed by atoms with Crippen molar-refractivity contribution in [2.75, 3.05) is 18.0 Å². The molecule has 0 saturated heterocycles. The molecule has 16 heavy (non-hydrogen) atoms. The van der Waals surface area contributed by atoms with Crippen LogP contribution in [0.4, 0.5) is 5.13 Å². The Kier molecular flexibility index (Phi) is 3.82. The maximum Gasteiger partial charge on any atom is 0.186 e. The van der Waals surface area contributed by atoms with Gasteiger partial charge < -0.3 is 10.6 Å². The van der Waals surface area contributed by atoms with Gasteiger partial charge in [-0.1, -0.05) is 12.8 Å². The third kappa shape index (κ3) is 2.38. The summed E-state index contributed by atoms with van der Waals surface area (Å²) in [4.78, 5) is 8.42. The average Bonchev–Trinajstić information content (AvgIpc) is 2.86. The first-order valence-electron chi connectivity index (χ1n) is 6.13. The highest BCUT2D eigenvalue weighted by Gasteiger charge is 2.24. The van der Waals surface area contributed by atoms with E-state index < -0.39 is 0 Å². The molecule has 1 aromatic rings. The first-order valence-corrected chi connectivity index (χ1v) is 6.94. The molecule has 3 nitrogen and oxygen atoms in total. The van der Waals surface area contributed by atoms with Gasteiger partial charge >= 0.3 is 0 Å². The quantitative estimate of drug-likeness (QED) is 0.877. The largest absolute Gasteiger partial charge is 0.344 e. The zero-order valence-corrected chi connectivity index (χ0v) is 11.0. The third-order valence-electron chi connectivity index (χ3n) is 3.40. The number of rotatable bonds is 4. The Balaban J connectivity index is 2.17. The topological polar surface area (TPSA) is 42.2 Å². The van der Waals surface area contributed by atoms with Crippen LogP contribution >= 0.6 is 11.3 Å². The molecular formula is C12H21N3S. The summed E-state index contributed by atoms with van der Waals surface area (Å²) in [5, 5.41) is 1.17. The van der Waals surface area contributed by atoms with Crippen molar-refractivity contribution in [3.8, 4) is 0 Å². The number of nitrogens with two attached hydrogens (primary N) is 1. The molecule has 1 fully saturated rings. The van der Waals surface area contributed by atoms with Crippen LogP contribution in [0.15, 0.2) is 0 Å². The minimum absolute atomic E-state index is 0.675. The summed E-state index contributed by atoms with van der Waals surface area (Å²) in [6.45, 7) is 5.89. The lowest BCUT2D eigenvalue weighted by molar-refractivity contribution is 0.607. The van der Waals surface area contributed by atoms with Crippen LogP contribution < -0.4 is 10.6 Å². The third-order valence-corrected chi connectivity index (χ3v) is 4.51. The molecule has 4 heteroatoms. The van der Waals surface area contributed by atoms with Crippen LogP contribution in [0, 0.1) is 13.8 Å². The number of hydrogen-bond acceptors (Lipinski definition) is 4. The normalized spacial score (nSPS) is 16.9. The molecule has 1 aromatic heterocycles. The Bertz CT molecular complexity index is 323. The molecule has 0 radical (unpaired) electrons. The summed E-state index contributed by atoms with van der Waals surface area (Å²) < 4.78 is 0. The van der Waals surface area contributed by atoms with Crippen LogP contribution in [0.2, 0.25) is 0 Å². The molecular weight excluding hydrogens is 218 g/mol. The average molecular weight is 239 g/mol. The van der Waals surface area contributed by atoms with Crippen LogP contribution in [0.3, 0.4) is 0 Å². The first-order chi connectivity index (χ1) is 7.72. The number of nitrogens with zero attached hydrogens (tertiary/aromatic N) is 2. The minimum Gasteiger partial charge on any atom is -0.344 e. The van der Waals surface area contributed by atoms with Crippen molar-refractivity contribution in [1.29, 1.82) is 0 Å². The van der Waals surface area contributed by atoms with Gasteiger partial charge in [-0.2, -0.15) is 0 Å². The van der Waals surface area contributed by atoms with E-state index in [0.717, 1.165) is 6.54 Å². The second kappa shape index (κ2) is 5.15. The smallest absolute Gasteiger partial charge is 0.186 e. The summed E-state index contributed by atoms with van der Waals surface area (Å²) in [6.07, 6.45) is 5.32. The molecule has 1 aliphatic carbocycles. The predicted molar refractivity (Wildman–Crippen MR) is 70.2 cm³/mol. The molecule has 0 atom stereocenters. The van der Waals surface area contributed by atoms with Gasteiger partial charge in [0.05, 0.1) is 5.69 Å². The molecule has 0 unspecified atom stereocenters. The van der Waals surface area contributed by atoms with Crippen molar-refractivity contribution in [2.24, 2.45) is 5.73 Å². The van der Waals surface area contributed by atoms with E-state index in [-0.39, 0.29) is 0 Å². The Morgan fingerprint density at radius 3 is 2.56 bits per heavy atom. The standard InChI is InChI=1S/C12H21N3S/c1-9-10(2)16-12(14-9)15(8-7-13)11-5-3-4-6-11/h11H,3-8,13H2,1-2H3. The van der Waals surface area contributed by atoms with Gasteiger partial charge in [-0.25, -0.2) is 4.98 Å². The van der Waals surface area contributed by atoms with E-state index in [1.165, 1.54) is 41.4 Å². The number of aryl methyl sites for hydroxylation is 2. The molecule has 0 aromatic carbocycles. The molecule has 90 valence electrons. The lowest BCUT2D eigenvalue weighted by Gasteiger charge is -2.27. The number of thiazole rings is 1. The SMILES string of the molecule is Cc1nc(N(CCN)C2CCCC2)sc1C. The molecule has 0 aliphatic heterocycles. The number of aromatic nitrogens is 1. The van der Waals surface area contributed by atoms with Crippen LogP contribution in [-0.2, 0) is 0 Å². The molecule has 1 heterocycles. The maximum atomic E-state index is 5.71. The van der Waals surface area contributed by atoms with E-state index in [2.05, 4.69) is 23.7 Å². The fraction of sp³-hybridized carbons (Fsp3) is 0.750. The van der Waals surface area contributed by atoms with E-state index in [1.807, 2.05) is 11.3 Å². The Morgan fingerprint density at radius 1 is 1.38 bits per heavy atom. The van der Waals surface area contributed by atoms with Gasteiger partial charge in [0.25, 0.3) is 0 Å². The Labute approximate surface area is 102 Å². The summed E-state index contributed by atoms with van der Waals surface area (Å²) in [5.74, 6) is 0. The highest BCUT2D eigenvalue weighted by atomic mass is 32.1. The van der Waals surface area contributed by atoms with Crippen molar-refractivity contribution >= 4 is 16.5 Å². The number of anilines is 1. The van der Waals surface area contributed by atoms with E-state index in [0.29, 0.717) is 12.6 Å². The Morgan fingerprint density at radius 2 is 2.06 bits per heavy atom. The summed E-state index contributed by atoms with van der Waals surface area (Å²) in [6, 6.07) is 0.675. The van der Waals surface area contributed by atoms with Gasteiger partial charge in [0.1, 0.15) is 0 Å². The van der Waals surface area contributed by atoms with Crippen LogP contribution in [0.25, 0.3) is 0 Å². The second-order valence-corrected chi connectivity index (χ2v) is 5.74. The van der Waals surface area contributed by atoms with Gasteiger partial charge in [-0.3, -0.25) is 0 Å². The first kappa shape index (κ1) is 11.9. The lowest BCUT2D eigenvalue weighted by atomic mass is 10.2. The fourth-order valence-corrected chi connectivity index (χ4v) is 3.38. The van der Waals surface area contributed by atoms with Crippen molar-refractivity contribution < 1.29 is 0 Å². The van der Waals surface area contributed by atoms with Gasteiger partial charge in [-0.15, -0.1) is 11.3 Å². The predicted octanol–water partition coefficient (Wildman–Crippen LogP) is 2.47. The van der Waals surface area contributed by atoms with E-state index >= 15 is 0 Å². The monoisotopic (exact) mass is 239 g/mol. The summed E-state index contributed by atoms with van der Waals surface area (Å²) in [5.41, 5.74) is 6.88. The van der Waals surface area contributed by atoms with Gasteiger partial charge in [0.15, 0.2) is 5.13 Å². The second-order valence-electron chi connectivity index (χ2n) is 4.56. The molecule has 1 saturated carbocycles. The summed E-state index contributed by atoms with van der Waals surface area (Å²) in [7, 11) is 0. The molecule has 0 bridgehead atoms. The molecule has 0 spiro atoms. The van der Waals surface area contributed by atoms with Gasteiger partial charge in [-0.05, 0) is 26.7 Å². The van der Waals surface area contributed by atoms with Crippen molar-refractivity contribution in [1.82, 2.24) is 4.98 Å². The highest BCUT2D eigenvalue weighted by molar-refractivity contribution is 7.15. The van der Waals surface area contributed by atoms with Gasteiger partial charge in [0, 0.05) is 24.0 Å². The Hall–Kier alpha value is -0.610. The fourth-order valence-electron chi connectivity index (χ4n) is 2.37. The molecule has 2 rings (SSSR count). The summed E-state index contributed by atoms with van der Waals surface area (Å²) >= 11 is 1.81. The van der Waals surface area contributed by atoms with Crippen molar-refractivity contribution in [3.05, 3.63) is 10.6 Å². The highest BCUT2D eigenvalue weighted by Crippen LogP contribution is 2.31. The van der Waals surface area contributed by atoms with E-state index in [9.17, 15) is 0 Å². The zero-order valence-electron chi connectivity index (χ0n) is 10.2. The lowest BCUT2D eigenvalue weighted by Crippen LogP contribution is -2.37. The minimum atomic E-state index is 0.675. The number of hydrogen-bond donors (Lipinski definition) is 1. The zero-order chi connectivity index (χ0) is 11.5. The maximum absolute atomic E-state index is 5.71. The van der Waals surface area contributed by atoms with Crippen molar-refractivity contribution in [3.63, 3.8) is 0 Å². The van der Waals surface area contributed by atoms with Crippen molar-refractivity contribution in [2.45, 2.75) is 45.6 Å². The van der Waals surface area contributed by atoms with E-state index in [1.54, 1.807) is 0 Å². The van der Waals surface area contributed by atoms with E-state index in [4.69, 9.17) is 5.73 Å².